The first kappa shape index (κ1) is 13.7. The molecule has 0 unspecified atom stereocenters. The molecule has 0 aliphatic heterocycles. The monoisotopic (exact) mass is 256 g/mol. The summed E-state index contributed by atoms with van der Waals surface area (Å²) in [5, 5.41) is 0.0242. The van der Waals surface area contributed by atoms with E-state index < -0.39 is 0 Å². The summed E-state index contributed by atoms with van der Waals surface area (Å²) in [6.07, 6.45) is 4.52. The zero-order valence-corrected chi connectivity index (χ0v) is 10.6. The van der Waals surface area contributed by atoms with Crippen molar-refractivity contribution >= 4 is 29.0 Å². The van der Waals surface area contributed by atoms with Gasteiger partial charge in [0.05, 0.1) is 0 Å². The third-order valence-corrected chi connectivity index (χ3v) is 2.70. The Morgan fingerprint density at radius 1 is 1.18 bits per heavy atom. The molecule has 5 nitrogen and oxygen atoms in total. The Labute approximate surface area is 106 Å². The Balaban J connectivity index is 2.66. The minimum absolute atomic E-state index is 0.0242. The number of nitrogens with two attached hydrogens (primary N) is 2. The van der Waals surface area contributed by atoms with Crippen molar-refractivity contribution in [3.05, 3.63) is 10.8 Å². The van der Waals surface area contributed by atoms with Crippen LogP contribution in [0.1, 0.15) is 49.5 Å². The summed E-state index contributed by atoms with van der Waals surface area (Å²) in [7, 11) is 0. The largest absolute Gasteiger partial charge is 0.382 e. The normalized spacial score (nSPS) is 10.5. The lowest BCUT2D eigenvalue weighted by molar-refractivity contribution is 0.0975. The molecule has 0 fully saturated rings. The van der Waals surface area contributed by atoms with Gasteiger partial charge < -0.3 is 11.5 Å². The van der Waals surface area contributed by atoms with Crippen molar-refractivity contribution in [2.45, 2.75) is 39.0 Å². The molecule has 0 aliphatic rings. The van der Waals surface area contributed by atoms with E-state index in [1.165, 1.54) is 0 Å². The first-order chi connectivity index (χ1) is 8.06. The Kier molecular flexibility index (Phi) is 5.15. The van der Waals surface area contributed by atoms with E-state index in [2.05, 4.69) is 16.9 Å². The number of rotatable bonds is 6. The van der Waals surface area contributed by atoms with Gasteiger partial charge in [-0.15, -0.1) is 0 Å². The second kappa shape index (κ2) is 6.39. The van der Waals surface area contributed by atoms with Crippen molar-refractivity contribution in [2.24, 2.45) is 0 Å². The molecule has 0 atom stereocenters. The number of hydrogen-bond donors (Lipinski definition) is 2. The number of aromatic nitrogens is 2. The van der Waals surface area contributed by atoms with Gasteiger partial charge in [0.25, 0.3) is 0 Å². The van der Waals surface area contributed by atoms with Gasteiger partial charge in [0.1, 0.15) is 5.69 Å². The van der Waals surface area contributed by atoms with Crippen LogP contribution in [-0.4, -0.2) is 15.8 Å². The topological polar surface area (TPSA) is 94.9 Å². The highest BCUT2D eigenvalue weighted by Gasteiger charge is 2.15. The molecule has 0 amide bonds. The third kappa shape index (κ3) is 3.85. The zero-order chi connectivity index (χ0) is 12.8. The summed E-state index contributed by atoms with van der Waals surface area (Å²) in [4.78, 5) is 19.5. The van der Waals surface area contributed by atoms with Gasteiger partial charge in [-0.05, 0) is 6.42 Å². The van der Waals surface area contributed by atoms with Crippen LogP contribution in [0.2, 0.25) is 5.15 Å². The predicted octanol–water partition coefficient (Wildman–Crippen LogP) is 2.45. The average molecular weight is 257 g/mol. The highest BCUT2D eigenvalue weighted by molar-refractivity contribution is 6.31. The van der Waals surface area contributed by atoms with Gasteiger partial charge in [-0.25, -0.2) is 9.97 Å². The Hall–Kier alpha value is -1.36. The van der Waals surface area contributed by atoms with Crippen LogP contribution in [0.4, 0.5) is 11.6 Å². The van der Waals surface area contributed by atoms with Gasteiger partial charge in [-0.2, -0.15) is 0 Å². The number of unbranched alkanes of at least 4 members (excludes halogenated alkanes) is 3. The molecule has 6 heteroatoms. The summed E-state index contributed by atoms with van der Waals surface area (Å²) in [5.74, 6) is -0.0351. The lowest BCUT2D eigenvalue weighted by Crippen LogP contribution is -2.10. The van der Waals surface area contributed by atoms with Gasteiger partial charge in [-0.1, -0.05) is 37.8 Å². The van der Waals surface area contributed by atoms with Crippen LogP contribution in [0.25, 0.3) is 0 Å². The first-order valence-electron chi connectivity index (χ1n) is 5.68. The number of carbonyl (C=O) groups is 1. The second-order valence-electron chi connectivity index (χ2n) is 3.87. The molecule has 17 heavy (non-hydrogen) atoms. The second-order valence-corrected chi connectivity index (χ2v) is 4.23. The Morgan fingerprint density at radius 3 is 2.53 bits per heavy atom. The van der Waals surface area contributed by atoms with Crippen molar-refractivity contribution in [2.75, 3.05) is 11.5 Å². The molecular formula is C11H17ClN4O. The van der Waals surface area contributed by atoms with Crippen molar-refractivity contribution in [3.8, 4) is 0 Å². The number of ketones is 1. The SMILES string of the molecule is CCCCCCC(=O)c1nc(Cl)c(N)nc1N. The summed E-state index contributed by atoms with van der Waals surface area (Å²) < 4.78 is 0. The molecule has 1 heterocycles. The molecule has 4 N–H and O–H groups in total. The quantitative estimate of drug-likeness (QED) is 0.602. The molecule has 0 radical (unpaired) electrons. The van der Waals surface area contributed by atoms with Gasteiger partial charge in [0.2, 0.25) is 0 Å². The molecule has 0 saturated heterocycles. The maximum Gasteiger partial charge on any atom is 0.185 e. The van der Waals surface area contributed by atoms with E-state index in [9.17, 15) is 4.79 Å². The van der Waals surface area contributed by atoms with E-state index in [-0.39, 0.29) is 28.3 Å². The first-order valence-corrected chi connectivity index (χ1v) is 6.05. The number of hydrogen-bond acceptors (Lipinski definition) is 5. The molecule has 0 saturated carbocycles. The number of halogens is 1. The van der Waals surface area contributed by atoms with Gasteiger partial charge >= 0.3 is 0 Å². The molecule has 0 spiro atoms. The smallest absolute Gasteiger partial charge is 0.185 e. The molecule has 1 aromatic rings. The van der Waals surface area contributed by atoms with Crippen LogP contribution in [0.15, 0.2) is 0 Å². The van der Waals surface area contributed by atoms with Crippen LogP contribution in [0.5, 0.6) is 0 Å². The van der Waals surface area contributed by atoms with E-state index in [1.807, 2.05) is 0 Å². The van der Waals surface area contributed by atoms with Crippen molar-refractivity contribution in [3.63, 3.8) is 0 Å². The lowest BCUT2D eigenvalue weighted by Gasteiger charge is -2.05. The number of nitrogens with zero attached hydrogens (tertiary/aromatic N) is 2. The summed E-state index contributed by atoms with van der Waals surface area (Å²) in [5.41, 5.74) is 11.1. The standard InChI is InChI=1S/C11H17ClN4O/c1-2-3-4-5-6-7(17)8-10(13)16-11(14)9(12)15-8/h2-6H2,1H3,(H4,13,14,16). The van der Waals surface area contributed by atoms with E-state index in [0.29, 0.717) is 6.42 Å². The Bertz CT molecular complexity index is 409. The molecule has 1 rings (SSSR count). The van der Waals surface area contributed by atoms with E-state index in [4.69, 9.17) is 23.1 Å². The lowest BCUT2D eigenvalue weighted by atomic mass is 10.1. The Morgan fingerprint density at radius 2 is 1.88 bits per heavy atom. The van der Waals surface area contributed by atoms with Gasteiger partial charge in [-0.3, -0.25) is 4.79 Å². The molecule has 0 aromatic carbocycles. The highest BCUT2D eigenvalue weighted by Crippen LogP contribution is 2.19. The summed E-state index contributed by atoms with van der Waals surface area (Å²) >= 11 is 5.71. The fourth-order valence-electron chi connectivity index (χ4n) is 1.48. The average Bonchev–Trinajstić information content (AvgIpc) is 2.29. The van der Waals surface area contributed by atoms with Crippen molar-refractivity contribution in [1.29, 1.82) is 0 Å². The van der Waals surface area contributed by atoms with Crippen LogP contribution in [0, 0.1) is 0 Å². The van der Waals surface area contributed by atoms with Crippen LogP contribution in [-0.2, 0) is 0 Å². The van der Waals surface area contributed by atoms with E-state index >= 15 is 0 Å². The van der Waals surface area contributed by atoms with Gasteiger partial charge in [0.15, 0.2) is 22.6 Å². The van der Waals surface area contributed by atoms with Crippen LogP contribution < -0.4 is 11.5 Å². The number of carbonyl (C=O) groups excluding carboxylic acids is 1. The number of anilines is 2. The highest BCUT2D eigenvalue weighted by atomic mass is 35.5. The molecule has 1 aromatic heterocycles. The molecule has 94 valence electrons. The summed E-state index contributed by atoms with van der Waals surface area (Å²) in [6.45, 7) is 2.12. The number of Topliss-reactive ketones (excluding diaryl/α,β-unsaturated/α-hetero) is 1. The number of nitrogen functional groups attached to an aromatic ring is 2. The molecule has 0 bridgehead atoms. The van der Waals surface area contributed by atoms with Crippen LogP contribution in [0.3, 0.4) is 0 Å². The van der Waals surface area contributed by atoms with Crippen molar-refractivity contribution < 1.29 is 4.79 Å². The zero-order valence-electron chi connectivity index (χ0n) is 9.87. The minimum Gasteiger partial charge on any atom is -0.382 e. The van der Waals surface area contributed by atoms with Gasteiger partial charge in [0, 0.05) is 6.42 Å². The fourth-order valence-corrected chi connectivity index (χ4v) is 1.60. The fraction of sp³-hybridized carbons (Fsp3) is 0.545. The van der Waals surface area contributed by atoms with Crippen molar-refractivity contribution in [1.82, 2.24) is 9.97 Å². The van der Waals surface area contributed by atoms with E-state index in [0.717, 1.165) is 25.7 Å². The maximum absolute atomic E-state index is 11.8. The minimum atomic E-state index is -0.131. The maximum atomic E-state index is 11.8. The van der Waals surface area contributed by atoms with Crippen LogP contribution >= 0.6 is 11.6 Å². The molecular weight excluding hydrogens is 240 g/mol. The predicted molar refractivity (Wildman–Crippen MR) is 69.0 cm³/mol. The van der Waals surface area contributed by atoms with E-state index in [1.54, 1.807) is 0 Å². The third-order valence-electron chi connectivity index (χ3n) is 2.43. The molecule has 0 aliphatic carbocycles. The summed E-state index contributed by atoms with van der Waals surface area (Å²) in [6, 6.07) is 0.